The van der Waals surface area contributed by atoms with Gasteiger partial charge >= 0.3 is 6.18 Å². The van der Waals surface area contributed by atoms with Crippen LogP contribution < -0.4 is 5.32 Å². The fourth-order valence-corrected chi connectivity index (χ4v) is 6.00. The number of nitrogens with one attached hydrogen (secondary N) is 1. The first-order chi connectivity index (χ1) is 18.2. The van der Waals surface area contributed by atoms with Crippen LogP contribution in [0.25, 0.3) is 21.1 Å². The molecule has 3 N–H and O–H groups in total. The minimum absolute atomic E-state index is 0.149. The first-order valence-corrected chi connectivity index (χ1v) is 13.1. The summed E-state index contributed by atoms with van der Waals surface area (Å²) in [5.74, 6) is 0.577. The molecule has 0 unspecified atom stereocenters. The van der Waals surface area contributed by atoms with Crippen molar-refractivity contribution >= 4 is 38.3 Å². The van der Waals surface area contributed by atoms with E-state index in [1.807, 2.05) is 12.1 Å². The zero-order valence-electron chi connectivity index (χ0n) is 20.4. The Bertz CT molecular complexity index is 1470. The number of piperidine rings is 1. The van der Waals surface area contributed by atoms with Crippen molar-refractivity contribution in [3.63, 3.8) is 0 Å². The Morgan fingerprint density at radius 3 is 2.68 bits per heavy atom. The van der Waals surface area contributed by atoms with E-state index in [4.69, 9.17) is 0 Å². The van der Waals surface area contributed by atoms with E-state index in [2.05, 4.69) is 32.3 Å². The number of thiophene rings is 1. The minimum Gasteiger partial charge on any atom is -0.394 e. The Balaban J connectivity index is 1.21. The number of alkyl halides is 3. The molecule has 3 aromatic heterocycles. The Kier molecular flexibility index (Phi) is 7.54. The van der Waals surface area contributed by atoms with Crippen LogP contribution >= 0.6 is 11.3 Å². The van der Waals surface area contributed by atoms with Gasteiger partial charge in [0.1, 0.15) is 28.7 Å². The second kappa shape index (κ2) is 10.9. The molecule has 0 radical (unpaired) electrons. The van der Waals surface area contributed by atoms with Gasteiger partial charge in [-0.05, 0) is 42.7 Å². The van der Waals surface area contributed by atoms with Crippen molar-refractivity contribution in [1.29, 1.82) is 5.26 Å². The maximum absolute atomic E-state index is 12.8. The van der Waals surface area contributed by atoms with E-state index in [1.165, 1.54) is 12.4 Å². The van der Waals surface area contributed by atoms with Crippen LogP contribution in [0.1, 0.15) is 29.0 Å². The number of aromatic nitrogens is 3. The summed E-state index contributed by atoms with van der Waals surface area (Å²) in [6.45, 7) is 2.22. The minimum atomic E-state index is -4.26. The van der Waals surface area contributed by atoms with Gasteiger partial charge in [0.25, 0.3) is 0 Å². The molecule has 0 spiro atoms. The molecular formula is C26H27F3N6O2S. The van der Waals surface area contributed by atoms with Crippen LogP contribution in [0, 0.1) is 11.3 Å². The second-order valence-electron chi connectivity index (χ2n) is 9.62. The highest BCUT2D eigenvalue weighted by atomic mass is 32.1. The summed E-state index contributed by atoms with van der Waals surface area (Å²) < 4.78 is 40.2. The Labute approximate surface area is 221 Å². The molecule has 5 rings (SSSR count). The van der Waals surface area contributed by atoms with E-state index in [0.29, 0.717) is 21.7 Å². The Hall–Kier alpha value is -3.24. The van der Waals surface area contributed by atoms with Crippen LogP contribution in [-0.2, 0) is 19.5 Å². The van der Waals surface area contributed by atoms with Crippen LogP contribution in [0.4, 0.5) is 19.0 Å². The van der Waals surface area contributed by atoms with Gasteiger partial charge in [-0.15, -0.1) is 11.3 Å². The summed E-state index contributed by atoms with van der Waals surface area (Å²) in [5.41, 5.74) is 2.39. The SMILES string of the molecule is N#Cc1cc2cc(CN3CCC(Nc4ncnc5sc(CC(F)(F)F)cc45)CC3)ccc2n1C[C@H](O)CO. The highest BCUT2D eigenvalue weighted by Gasteiger charge is 2.29. The highest BCUT2D eigenvalue weighted by molar-refractivity contribution is 7.18. The molecule has 1 saturated heterocycles. The fourth-order valence-electron chi connectivity index (χ4n) is 4.97. The third kappa shape index (κ3) is 5.91. The number of nitriles is 1. The lowest BCUT2D eigenvalue weighted by molar-refractivity contribution is -0.126. The fraction of sp³-hybridized carbons (Fsp3) is 0.423. The Morgan fingerprint density at radius 1 is 1.18 bits per heavy atom. The molecule has 4 heterocycles. The molecule has 0 amide bonds. The molecule has 1 aliphatic rings. The van der Waals surface area contributed by atoms with Crippen LogP contribution in [0.2, 0.25) is 0 Å². The van der Waals surface area contributed by atoms with E-state index >= 15 is 0 Å². The standard InChI is InChI=1S/C26H27F3N6O2S/c27-26(28,29)10-21-9-22-24(31-15-32-25(22)38-21)33-18-3-5-34(6-4-18)12-16-1-2-23-17(7-16)8-19(11-30)35(23)13-20(37)14-36/h1-2,7-9,15,18,20,36-37H,3-6,10,12-14H2,(H,31,32,33)/t20-/m0/s1. The van der Waals surface area contributed by atoms with Crippen molar-refractivity contribution in [2.24, 2.45) is 0 Å². The molecule has 1 fully saturated rings. The molecule has 0 saturated carbocycles. The number of benzene rings is 1. The lowest BCUT2D eigenvalue weighted by atomic mass is 10.0. The van der Waals surface area contributed by atoms with E-state index in [-0.39, 0.29) is 24.1 Å². The number of hydrogen-bond acceptors (Lipinski definition) is 8. The molecule has 1 aromatic carbocycles. The van der Waals surface area contributed by atoms with E-state index in [1.54, 1.807) is 10.6 Å². The van der Waals surface area contributed by atoms with Crippen LogP contribution in [0.5, 0.6) is 0 Å². The number of aliphatic hydroxyl groups is 2. The van der Waals surface area contributed by atoms with E-state index in [0.717, 1.165) is 60.3 Å². The lowest BCUT2D eigenvalue weighted by Crippen LogP contribution is -2.38. The smallest absolute Gasteiger partial charge is 0.393 e. The van der Waals surface area contributed by atoms with Gasteiger partial charge in [-0.25, -0.2) is 9.97 Å². The number of aliphatic hydroxyl groups excluding tert-OH is 2. The van der Waals surface area contributed by atoms with Gasteiger partial charge in [-0.3, -0.25) is 4.90 Å². The van der Waals surface area contributed by atoms with Crippen molar-refractivity contribution in [3.05, 3.63) is 52.8 Å². The van der Waals surface area contributed by atoms with Crippen molar-refractivity contribution in [3.8, 4) is 6.07 Å². The summed E-state index contributed by atoms with van der Waals surface area (Å²) in [5, 5.41) is 33.5. The van der Waals surface area contributed by atoms with Gasteiger partial charge < -0.3 is 20.1 Å². The highest BCUT2D eigenvalue weighted by Crippen LogP contribution is 2.33. The van der Waals surface area contributed by atoms with Gasteiger partial charge in [0.05, 0.1) is 31.1 Å². The first kappa shape index (κ1) is 26.4. The van der Waals surface area contributed by atoms with Crippen molar-refractivity contribution in [1.82, 2.24) is 19.4 Å². The number of halogens is 3. The van der Waals surface area contributed by atoms with E-state index in [9.17, 15) is 28.6 Å². The van der Waals surface area contributed by atoms with Gasteiger partial charge in [0.2, 0.25) is 0 Å². The number of likely N-dealkylation sites (tertiary alicyclic amines) is 1. The second-order valence-corrected chi connectivity index (χ2v) is 10.7. The molecule has 200 valence electrons. The molecule has 38 heavy (non-hydrogen) atoms. The molecule has 12 heteroatoms. The monoisotopic (exact) mass is 544 g/mol. The lowest BCUT2D eigenvalue weighted by Gasteiger charge is -2.32. The molecule has 1 aliphatic heterocycles. The third-order valence-corrected chi connectivity index (χ3v) is 7.82. The summed E-state index contributed by atoms with van der Waals surface area (Å²) in [6, 6.07) is 11.7. The normalized spacial score (nSPS) is 16.2. The number of nitrogens with zero attached hydrogens (tertiary/aromatic N) is 5. The Morgan fingerprint density at radius 2 is 1.97 bits per heavy atom. The van der Waals surface area contributed by atoms with Crippen molar-refractivity contribution in [2.45, 2.75) is 50.7 Å². The summed E-state index contributed by atoms with van der Waals surface area (Å²) in [6.07, 6.45) is -3.05. The topological polar surface area (TPSA) is 110 Å². The largest absolute Gasteiger partial charge is 0.394 e. The van der Waals surface area contributed by atoms with Crippen LogP contribution in [0.3, 0.4) is 0 Å². The molecule has 8 nitrogen and oxygen atoms in total. The number of hydrogen-bond donors (Lipinski definition) is 3. The van der Waals surface area contributed by atoms with Gasteiger partial charge in [0, 0.05) is 41.5 Å². The molecule has 0 aliphatic carbocycles. The van der Waals surface area contributed by atoms with Gasteiger partial charge in [0.15, 0.2) is 0 Å². The molecule has 1 atom stereocenters. The predicted molar refractivity (Wildman–Crippen MR) is 139 cm³/mol. The third-order valence-electron chi connectivity index (χ3n) is 6.77. The summed E-state index contributed by atoms with van der Waals surface area (Å²) >= 11 is 1.05. The maximum atomic E-state index is 12.8. The average Bonchev–Trinajstić information content (AvgIpc) is 3.44. The predicted octanol–water partition coefficient (Wildman–Crippen LogP) is 4.05. The van der Waals surface area contributed by atoms with Crippen LogP contribution in [0.15, 0.2) is 36.7 Å². The number of rotatable bonds is 8. The van der Waals surface area contributed by atoms with Gasteiger partial charge in [-0.2, -0.15) is 18.4 Å². The summed E-state index contributed by atoms with van der Waals surface area (Å²) in [7, 11) is 0. The molecular weight excluding hydrogens is 517 g/mol. The average molecular weight is 545 g/mol. The van der Waals surface area contributed by atoms with Crippen molar-refractivity contribution in [2.75, 3.05) is 25.0 Å². The first-order valence-electron chi connectivity index (χ1n) is 12.3. The zero-order valence-corrected chi connectivity index (χ0v) is 21.3. The van der Waals surface area contributed by atoms with Crippen LogP contribution in [-0.4, -0.2) is 67.7 Å². The molecule has 4 aromatic rings. The van der Waals surface area contributed by atoms with Gasteiger partial charge in [-0.1, -0.05) is 6.07 Å². The maximum Gasteiger partial charge on any atom is 0.393 e. The van der Waals surface area contributed by atoms with E-state index < -0.39 is 18.7 Å². The quantitative estimate of drug-likeness (QED) is 0.307. The van der Waals surface area contributed by atoms with Crippen molar-refractivity contribution < 1.29 is 23.4 Å². The zero-order chi connectivity index (χ0) is 26.9. The number of anilines is 1. The molecule has 0 bridgehead atoms. The summed E-state index contributed by atoms with van der Waals surface area (Å²) in [4.78, 5) is 11.6. The number of fused-ring (bicyclic) bond motifs is 2.